The Morgan fingerprint density at radius 3 is 2.87 bits per heavy atom. The molecular formula is C8H11BrN4OS. The molecule has 1 aliphatic carbocycles. The van der Waals surface area contributed by atoms with E-state index in [0.29, 0.717) is 13.1 Å². The highest BCUT2D eigenvalue weighted by molar-refractivity contribution is 9.11. The van der Waals surface area contributed by atoms with Crippen LogP contribution in [0.15, 0.2) is 3.92 Å². The molecule has 0 saturated heterocycles. The summed E-state index contributed by atoms with van der Waals surface area (Å²) >= 11 is 4.66. The van der Waals surface area contributed by atoms with Crippen LogP contribution >= 0.6 is 27.3 Å². The number of hydrogen-bond donors (Lipinski definition) is 2. The normalized spacial score (nSPS) is 15.0. The van der Waals surface area contributed by atoms with Gasteiger partial charge in [0.2, 0.25) is 11.0 Å². The van der Waals surface area contributed by atoms with E-state index in [1.165, 1.54) is 11.3 Å². The molecule has 0 aromatic carbocycles. The van der Waals surface area contributed by atoms with Gasteiger partial charge in [-0.05, 0) is 28.8 Å². The number of hydrogen-bond acceptors (Lipinski definition) is 5. The van der Waals surface area contributed by atoms with Crippen molar-refractivity contribution in [1.82, 2.24) is 15.5 Å². The first-order valence-electron chi connectivity index (χ1n) is 4.76. The molecule has 1 saturated carbocycles. The fourth-order valence-corrected chi connectivity index (χ4v) is 2.16. The van der Waals surface area contributed by atoms with Crippen molar-refractivity contribution in [2.75, 3.05) is 18.4 Å². The van der Waals surface area contributed by atoms with Gasteiger partial charge in [0.15, 0.2) is 3.92 Å². The molecule has 1 fully saturated rings. The van der Waals surface area contributed by atoms with Gasteiger partial charge in [-0.1, -0.05) is 11.3 Å². The van der Waals surface area contributed by atoms with Crippen molar-refractivity contribution in [2.24, 2.45) is 5.92 Å². The minimum atomic E-state index is 0.176. The first kappa shape index (κ1) is 10.8. The van der Waals surface area contributed by atoms with Gasteiger partial charge < -0.3 is 10.6 Å². The van der Waals surface area contributed by atoms with Gasteiger partial charge in [-0.25, -0.2) is 0 Å². The second-order valence-corrected chi connectivity index (χ2v) is 5.61. The molecule has 0 radical (unpaired) electrons. The third kappa shape index (κ3) is 3.42. The topological polar surface area (TPSA) is 66.9 Å². The minimum Gasteiger partial charge on any atom is -0.358 e. The Balaban J connectivity index is 1.60. The zero-order chi connectivity index (χ0) is 10.7. The van der Waals surface area contributed by atoms with Crippen LogP contribution in [0, 0.1) is 5.92 Å². The van der Waals surface area contributed by atoms with Crippen LogP contribution < -0.4 is 10.6 Å². The lowest BCUT2D eigenvalue weighted by molar-refractivity contribution is -0.122. The van der Waals surface area contributed by atoms with Crippen LogP contribution in [0.3, 0.4) is 0 Å². The van der Waals surface area contributed by atoms with Crippen LogP contribution in [0.25, 0.3) is 0 Å². The lowest BCUT2D eigenvalue weighted by Crippen LogP contribution is -2.29. The largest absolute Gasteiger partial charge is 0.358 e. The van der Waals surface area contributed by atoms with Crippen LogP contribution in [-0.2, 0) is 4.79 Å². The summed E-state index contributed by atoms with van der Waals surface area (Å²) in [5, 5.41) is 14.4. The molecule has 0 aliphatic heterocycles. The molecule has 2 rings (SSSR count). The predicted octanol–water partition coefficient (Wildman–Crippen LogP) is 1.24. The number of halogens is 1. The summed E-state index contributed by atoms with van der Waals surface area (Å²) in [4.78, 5) is 11.2. The standard InChI is InChI=1S/C8H11BrN4OS/c9-7-12-13-8(15-7)11-4-3-10-6(14)5-1-2-5/h5H,1-4H2,(H,10,14)(H,11,13). The summed E-state index contributed by atoms with van der Waals surface area (Å²) in [6, 6.07) is 0. The molecule has 1 amide bonds. The average molecular weight is 291 g/mol. The summed E-state index contributed by atoms with van der Waals surface area (Å²) in [6.07, 6.45) is 2.09. The van der Waals surface area contributed by atoms with E-state index in [2.05, 4.69) is 36.8 Å². The van der Waals surface area contributed by atoms with Crippen LogP contribution in [0.4, 0.5) is 5.13 Å². The van der Waals surface area contributed by atoms with E-state index >= 15 is 0 Å². The van der Waals surface area contributed by atoms with Crippen molar-refractivity contribution in [2.45, 2.75) is 12.8 Å². The Labute approximate surface area is 99.8 Å². The fourth-order valence-electron chi connectivity index (χ4n) is 1.12. The predicted molar refractivity (Wildman–Crippen MR) is 61.8 cm³/mol. The van der Waals surface area contributed by atoms with Crippen LogP contribution in [0.2, 0.25) is 0 Å². The lowest BCUT2D eigenvalue weighted by Gasteiger charge is -2.03. The van der Waals surface area contributed by atoms with Crippen LogP contribution in [-0.4, -0.2) is 29.2 Å². The Morgan fingerprint density at radius 1 is 1.47 bits per heavy atom. The van der Waals surface area contributed by atoms with Crippen LogP contribution in [0.5, 0.6) is 0 Å². The molecule has 5 nitrogen and oxygen atoms in total. The number of rotatable bonds is 5. The van der Waals surface area contributed by atoms with Gasteiger partial charge in [-0.2, -0.15) is 0 Å². The zero-order valence-electron chi connectivity index (χ0n) is 7.99. The summed E-state index contributed by atoms with van der Waals surface area (Å²) in [5.74, 6) is 0.455. The Kier molecular flexibility index (Phi) is 3.53. The summed E-state index contributed by atoms with van der Waals surface area (Å²) in [6.45, 7) is 1.31. The molecular weight excluding hydrogens is 280 g/mol. The van der Waals surface area contributed by atoms with Crippen molar-refractivity contribution >= 4 is 38.3 Å². The molecule has 82 valence electrons. The van der Waals surface area contributed by atoms with Gasteiger partial charge in [0, 0.05) is 19.0 Å². The first-order valence-corrected chi connectivity index (χ1v) is 6.37. The number of nitrogens with zero attached hydrogens (tertiary/aromatic N) is 2. The highest BCUT2D eigenvalue weighted by atomic mass is 79.9. The lowest BCUT2D eigenvalue weighted by atomic mass is 10.4. The first-order chi connectivity index (χ1) is 7.25. The van der Waals surface area contributed by atoms with E-state index in [1.54, 1.807) is 0 Å². The van der Waals surface area contributed by atoms with E-state index in [9.17, 15) is 4.79 Å². The average Bonchev–Trinajstić information content (AvgIpc) is 2.98. The van der Waals surface area contributed by atoms with Crippen molar-refractivity contribution in [1.29, 1.82) is 0 Å². The van der Waals surface area contributed by atoms with Gasteiger partial charge >= 0.3 is 0 Å². The molecule has 1 heterocycles. The maximum Gasteiger partial charge on any atom is 0.223 e. The van der Waals surface area contributed by atoms with E-state index in [4.69, 9.17) is 0 Å². The maximum absolute atomic E-state index is 11.2. The van der Waals surface area contributed by atoms with E-state index in [0.717, 1.165) is 21.9 Å². The van der Waals surface area contributed by atoms with E-state index < -0.39 is 0 Å². The molecule has 1 aromatic heterocycles. The maximum atomic E-state index is 11.2. The third-order valence-electron chi connectivity index (χ3n) is 2.05. The quantitative estimate of drug-likeness (QED) is 0.801. The number of anilines is 1. The molecule has 7 heteroatoms. The molecule has 0 unspecified atom stereocenters. The second kappa shape index (κ2) is 4.89. The van der Waals surface area contributed by atoms with Gasteiger partial charge in [-0.15, -0.1) is 10.2 Å². The summed E-state index contributed by atoms with van der Waals surface area (Å²) < 4.78 is 0.756. The Bertz CT molecular complexity index is 352. The van der Waals surface area contributed by atoms with Gasteiger partial charge in [0.05, 0.1) is 0 Å². The monoisotopic (exact) mass is 290 g/mol. The van der Waals surface area contributed by atoms with Crippen molar-refractivity contribution in [3.8, 4) is 0 Å². The third-order valence-corrected chi connectivity index (χ3v) is 3.36. The second-order valence-electron chi connectivity index (χ2n) is 3.35. The van der Waals surface area contributed by atoms with Crippen molar-refractivity contribution in [3.63, 3.8) is 0 Å². The molecule has 15 heavy (non-hydrogen) atoms. The number of nitrogens with one attached hydrogen (secondary N) is 2. The number of aromatic nitrogens is 2. The van der Waals surface area contributed by atoms with E-state index in [1.807, 2.05) is 0 Å². The van der Waals surface area contributed by atoms with Gasteiger partial charge in [0.1, 0.15) is 0 Å². The molecule has 0 atom stereocenters. The molecule has 0 bridgehead atoms. The molecule has 1 aliphatic rings. The number of amides is 1. The highest BCUT2D eigenvalue weighted by Gasteiger charge is 2.28. The smallest absolute Gasteiger partial charge is 0.223 e. The van der Waals surface area contributed by atoms with Crippen molar-refractivity contribution < 1.29 is 4.79 Å². The van der Waals surface area contributed by atoms with Gasteiger partial charge in [0.25, 0.3) is 0 Å². The Hall–Kier alpha value is -0.690. The number of carbonyl (C=O) groups excluding carboxylic acids is 1. The fraction of sp³-hybridized carbons (Fsp3) is 0.625. The molecule has 2 N–H and O–H groups in total. The van der Waals surface area contributed by atoms with E-state index in [-0.39, 0.29) is 11.8 Å². The summed E-state index contributed by atoms with van der Waals surface area (Å²) in [7, 11) is 0. The Morgan fingerprint density at radius 2 is 2.27 bits per heavy atom. The van der Waals surface area contributed by atoms with Gasteiger partial charge in [-0.3, -0.25) is 4.79 Å². The number of carbonyl (C=O) groups is 1. The molecule has 1 aromatic rings. The van der Waals surface area contributed by atoms with Crippen molar-refractivity contribution in [3.05, 3.63) is 3.92 Å². The highest BCUT2D eigenvalue weighted by Crippen LogP contribution is 2.28. The molecule has 0 spiro atoms. The summed E-state index contributed by atoms with van der Waals surface area (Å²) in [5.41, 5.74) is 0. The SMILES string of the molecule is O=C(NCCNc1nnc(Br)s1)C1CC1. The zero-order valence-corrected chi connectivity index (χ0v) is 10.4. The van der Waals surface area contributed by atoms with Crippen LogP contribution in [0.1, 0.15) is 12.8 Å². The minimum absolute atomic E-state index is 0.176.